The van der Waals surface area contributed by atoms with Gasteiger partial charge in [0.25, 0.3) is 0 Å². The zero-order valence-corrected chi connectivity index (χ0v) is 23.0. The van der Waals surface area contributed by atoms with Gasteiger partial charge in [-0.1, -0.05) is 35.1 Å². The minimum absolute atomic E-state index is 0.0323. The molecule has 39 heavy (non-hydrogen) atoms. The first-order valence-corrected chi connectivity index (χ1v) is 14.9. The third-order valence-corrected chi connectivity index (χ3v) is 11.7. The van der Waals surface area contributed by atoms with Crippen LogP contribution in [-0.4, -0.2) is 38.9 Å². The Kier molecular flexibility index (Phi) is 5.81. The molecule has 3 amide bonds. The van der Waals surface area contributed by atoms with Crippen molar-refractivity contribution >= 4 is 58.1 Å². The number of carbonyl (C=O) groups excluding carboxylic acids is 3. The van der Waals surface area contributed by atoms with Gasteiger partial charge < -0.3 is 10.3 Å². The van der Waals surface area contributed by atoms with E-state index in [2.05, 4.69) is 10.3 Å². The molecule has 8 atom stereocenters. The van der Waals surface area contributed by atoms with Gasteiger partial charge in [0, 0.05) is 26.8 Å². The number of aromatic amines is 1. The van der Waals surface area contributed by atoms with E-state index < -0.39 is 29.6 Å². The second-order valence-electron chi connectivity index (χ2n) is 10.7. The first kappa shape index (κ1) is 25.0. The summed E-state index contributed by atoms with van der Waals surface area (Å²) in [5, 5.41) is 4.22. The fourth-order valence-electron chi connectivity index (χ4n) is 7.36. The van der Waals surface area contributed by atoms with Gasteiger partial charge in [-0.05, 0) is 73.1 Å². The number of thioether (sulfide) groups is 1. The van der Waals surface area contributed by atoms with E-state index in [1.807, 2.05) is 24.3 Å². The lowest BCUT2D eigenvalue weighted by Crippen LogP contribution is -2.46. The smallest absolute Gasteiger partial charge is 0.305 e. The van der Waals surface area contributed by atoms with Crippen LogP contribution >= 0.6 is 34.7 Å². The number of nitrogens with one attached hydrogen (secondary N) is 2. The van der Waals surface area contributed by atoms with Crippen molar-refractivity contribution in [3.8, 4) is 0 Å². The minimum Gasteiger partial charge on any atom is -0.324 e. The summed E-state index contributed by atoms with van der Waals surface area (Å²) < 4.78 is 13.3. The Morgan fingerprint density at radius 1 is 1.05 bits per heavy atom. The average molecular weight is 584 g/mol. The lowest BCUT2D eigenvalue weighted by atomic mass is 9.68. The lowest BCUT2D eigenvalue weighted by Gasteiger charge is -2.43. The van der Waals surface area contributed by atoms with E-state index in [-0.39, 0.29) is 45.6 Å². The third kappa shape index (κ3) is 3.75. The van der Waals surface area contributed by atoms with Crippen molar-refractivity contribution < 1.29 is 18.8 Å². The predicted molar refractivity (Wildman–Crippen MR) is 146 cm³/mol. The molecule has 2 bridgehead atoms. The average Bonchev–Trinajstić information content (AvgIpc) is 3.64. The summed E-state index contributed by atoms with van der Waals surface area (Å²) >= 11 is 9.00. The summed E-state index contributed by atoms with van der Waals surface area (Å²) in [4.78, 5) is 58.0. The molecular weight excluding hydrogens is 561 g/mol. The molecule has 2 aromatic carbocycles. The standard InChI is InChI=1S/C28H23ClFN3O4S2/c1-11(24(34)31-15-8-6-14(30)7-9-15)33-26(35)20-16-10-17(21(20)27(33)36)22-19(16)18(12-2-4-13(29)5-3-12)23-25(38-22)32-28(37)39-23/h2-9,11,16-22H,10H2,1H3,(H,31,34)(H,32,37). The third-order valence-electron chi connectivity index (χ3n) is 8.87. The van der Waals surface area contributed by atoms with Crippen molar-refractivity contribution in [3.05, 3.63) is 79.5 Å². The van der Waals surface area contributed by atoms with Crippen LogP contribution in [-0.2, 0) is 14.4 Å². The number of aromatic nitrogens is 1. The van der Waals surface area contributed by atoms with Crippen LogP contribution in [0.25, 0.3) is 0 Å². The first-order chi connectivity index (χ1) is 18.7. The maximum absolute atomic E-state index is 13.8. The number of anilines is 1. The molecule has 7 rings (SSSR count). The van der Waals surface area contributed by atoms with E-state index >= 15 is 0 Å². The first-order valence-electron chi connectivity index (χ1n) is 12.8. The van der Waals surface area contributed by atoms with Crippen molar-refractivity contribution in [1.29, 1.82) is 0 Å². The van der Waals surface area contributed by atoms with Crippen LogP contribution in [0.5, 0.6) is 0 Å². The van der Waals surface area contributed by atoms with Gasteiger partial charge in [0.1, 0.15) is 11.9 Å². The van der Waals surface area contributed by atoms with E-state index in [0.717, 1.165) is 26.8 Å². The molecular formula is C28H23ClFN3O4S2. The molecule has 1 saturated heterocycles. The Morgan fingerprint density at radius 3 is 2.41 bits per heavy atom. The van der Waals surface area contributed by atoms with Crippen LogP contribution in [0.3, 0.4) is 0 Å². The number of H-pyrrole nitrogens is 1. The Hall–Kier alpha value is -2.95. The Balaban J connectivity index is 1.21. The van der Waals surface area contributed by atoms with Crippen LogP contribution in [0.15, 0.2) is 58.4 Å². The Morgan fingerprint density at radius 2 is 1.72 bits per heavy atom. The molecule has 11 heteroatoms. The molecule has 7 nitrogen and oxygen atoms in total. The summed E-state index contributed by atoms with van der Waals surface area (Å²) in [6.45, 7) is 1.55. The van der Waals surface area contributed by atoms with Crippen LogP contribution in [0.4, 0.5) is 10.1 Å². The van der Waals surface area contributed by atoms with Gasteiger partial charge in [-0.15, -0.1) is 11.8 Å². The topological polar surface area (TPSA) is 99.3 Å². The Bertz CT molecular complexity index is 1570. The number of amides is 3. The van der Waals surface area contributed by atoms with E-state index in [0.29, 0.717) is 10.7 Å². The fourth-order valence-corrected chi connectivity index (χ4v) is 10.4. The summed E-state index contributed by atoms with van der Waals surface area (Å²) in [6.07, 6.45) is 0.766. The highest BCUT2D eigenvalue weighted by Crippen LogP contribution is 2.68. The largest absolute Gasteiger partial charge is 0.324 e. The number of benzene rings is 2. The van der Waals surface area contributed by atoms with Gasteiger partial charge in [0.05, 0.1) is 16.9 Å². The normalized spacial score (nSPS) is 31.2. The lowest BCUT2D eigenvalue weighted by molar-refractivity contribution is -0.146. The van der Waals surface area contributed by atoms with Crippen molar-refractivity contribution in [3.63, 3.8) is 0 Å². The molecule has 3 heterocycles. The monoisotopic (exact) mass is 583 g/mol. The summed E-state index contributed by atoms with van der Waals surface area (Å²) in [5.41, 5.74) is 1.43. The molecule has 2 saturated carbocycles. The number of carbonyl (C=O) groups is 3. The van der Waals surface area contributed by atoms with Crippen LogP contribution in [0, 0.1) is 35.4 Å². The molecule has 0 spiro atoms. The molecule has 2 aliphatic carbocycles. The van der Waals surface area contributed by atoms with E-state index in [4.69, 9.17) is 11.6 Å². The second-order valence-corrected chi connectivity index (χ2v) is 13.4. The molecule has 8 unspecified atom stereocenters. The molecule has 1 aromatic heterocycles. The van der Waals surface area contributed by atoms with Gasteiger partial charge in [-0.2, -0.15) is 0 Å². The highest BCUT2D eigenvalue weighted by Gasteiger charge is 2.70. The number of thiazole rings is 1. The molecule has 2 aliphatic heterocycles. The Labute approximate surface area is 236 Å². The molecule has 2 N–H and O–H groups in total. The summed E-state index contributed by atoms with van der Waals surface area (Å²) in [7, 11) is 0. The maximum Gasteiger partial charge on any atom is 0.305 e. The highest BCUT2D eigenvalue weighted by molar-refractivity contribution is 8.00. The van der Waals surface area contributed by atoms with Crippen molar-refractivity contribution in [2.24, 2.45) is 29.6 Å². The molecule has 3 aromatic rings. The zero-order valence-electron chi connectivity index (χ0n) is 20.6. The van der Waals surface area contributed by atoms with Crippen molar-refractivity contribution in [1.82, 2.24) is 9.88 Å². The quantitative estimate of drug-likeness (QED) is 0.433. The number of likely N-dealkylation sites (tertiary alicyclic amines) is 1. The number of halogens is 2. The minimum atomic E-state index is -1.00. The SMILES string of the molecule is CC(C(=O)Nc1ccc(F)cc1)N1C(=O)C2C3CC(C2C1=O)C1C(c2ccc(Cl)cc2)c2sc(=O)[nH]c2SC31. The maximum atomic E-state index is 13.8. The number of imide groups is 1. The zero-order chi connectivity index (χ0) is 27.2. The van der Waals surface area contributed by atoms with E-state index in [1.165, 1.54) is 35.6 Å². The highest BCUT2D eigenvalue weighted by atomic mass is 35.5. The van der Waals surface area contributed by atoms with Gasteiger partial charge in [0.15, 0.2) is 0 Å². The number of rotatable bonds is 4. The van der Waals surface area contributed by atoms with Gasteiger partial charge in [-0.3, -0.25) is 24.1 Å². The van der Waals surface area contributed by atoms with E-state index in [1.54, 1.807) is 18.7 Å². The molecule has 4 aliphatic rings. The number of hydrogen-bond acceptors (Lipinski definition) is 6. The van der Waals surface area contributed by atoms with E-state index in [9.17, 15) is 23.6 Å². The van der Waals surface area contributed by atoms with Crippen LogP contribution in [0.1, 0.15) is 29.7 Å². The number of nitrogens with zero attached hydrogens (tertiary/aromatic N) is 1. The van der Waals surface area contributed by atoms with Gasteiger partial charge in [0.2, 0.25) is 17.7 Å². The van der Waals surface area contributed by atoms with Gasteiger partial charge in [-0.25, -0.2) is 4.39 Å². The predicted octanol–water partition coefficient (Wildman–Crippen LogP) is 4.73. The number of hydrogen-bond donors (Lipinski definition) is 2. The summed E-state index contributed by atoms with van der Waals surface area (Å²) in [5.74, 6) is -2.58. The second kappa shape index (κ2) is 9.04. The van der Waals surface area contributed by atoms with Crippen LogP contribution in [0.2, 0.25) is 5.02 Å². The van der Waals surface area contributed by atoms with Gasteiger partial charge >= 0.3 is 4.87 Å². The molecule has 3 fully saturated rings. The van der Waals surface area contributed by atoms with Crippen molar-refractivity contribution in [2.45, 2.75) is 35.6 Å². The van der Waals surface area contributed by atoms with Crippen molar-refractivity contribution in [2.75, 3.05) is 5.32 Å². The molecule has 200 valence electrons. The number of fused-ring (bicyclic) bond motifs is 9. The molecule has 0 radical (unpaired) electrons. The fraction of sp³-hybridized carbons (Fsp3) is 0.357. The summed E-state index contributed by atoms with van der Waals surface area (Å²) in [6, 6.07) is 12.0. The van der Waals surface area contributed by atoms with Crippen LogP contribution < -0.4 is 10.2 Å².